The monoisotopic (exact) mass is 467 g/mol. The van der Waals surface area contributed by atoms with Crippen LogP contribution in [0.25, 0.3) is 5.76 Å². The highest BCUT2D eigenvalue weighted by molar-refractivity contribution is 6.51. The van der Waals surface area contributed by atoms with E-state index in [0.717, 1.165) is 29.0 Å². The molecule has 1 aliphatic rings. The highest BCUT2D eigenvalue weighted by Gasteiger charge is 2.49. The van der Waals surface area contributed by atoms with Gasteiger partial charge in [0.2, 0.25) is 0 Å². The van der Waals surface area contributed by atoms with Crippen molar-refractivity contribution in [2.24, 2.45) is 0 Å². The number of hydrogen-bond donors (Lipinski definition) is 1. The number of rotatable bonds is 6. The fourth-order valence-electron chi connectivity index (χ4n) is 3.95. The minimum atomic E-state index is -1.25. The van der Waals surface area contributed by atoms with Crippen LogP contribution in [-0.2, 0) is 9.59 Å². The summed E-state index contributed by atoms with van der Waals surface area (Å²) >= 11 is 0. The number of amides is 1. The first-order valence-electron chi connectivity index (χ1n) is 10.8. The van der Waals surface area contributed by atoms with E-state index in [1.54, 1.807) is 44.2 Å². The zero-order valence-corrected chi connectivity index (χ0v) is 18.9. The highest BCUT2D eigenvalue weighted by Crippen LogP contribution is 2.43. The molecule has 0 saturated carbocycles. The Balaban J connectivity index is 1.88. The average molecular weight is 467 g/mol. The first-order chi connectivity index (χ1) is 16.2. The van der Waals surface area contributed by atoms with Crippen LogP contribution in [0.1, 0.15) is 42.0 Å². The normalized spacial score (nSPS) is 17.4. The molecule has 2 heterocycles. The lowest BCUT2D eigenvalue weighted by molar-refractivity contribution is -0.132. The number of ketones is 1. The number of carbonyl (C=O) groups is 2. The molecular formula is C26H23F2NO5. The quantitative estimate of drug-likeness (QED) is 0.290. The summed E-state index contributed by atoms with van der Waals surface area (Å²) in [5.41, 5.74) is 0.444. The van der Waals surface area contributed by atoms with Gasteiger partial charge in [-0.2, -0.15) is 0 Å². The number of nitrogens with zero attached hydrogens (tertiary/aromatic N) is 1. The molecule has 1 N–H and O–H groups in total. The lowest BCUT2D eigenvalue weighted by atomic mass is 9.98. The fraction of sp³-hybridized carbons (Fsp3) is 0.231. The molecule has 0 spiro atoms. The van der Waals surface area contributed by atoms with Gasteiger partial charge in [0, 0.05) is 11.6 Å². The highest BCUT2D eigenvalue weighted by atomic mass is 19.1. The first kappa shape index (κ1) is 23.2. The minimum absolute atomic E-state index is 0.154. The van der Waals surface area contributed by atoms with Crippen molar-refractivity contribution in [1.29, 1.82) is 0 Å². The van der Waals surface area contributed by atoms with Crippen LogP contribution in [0.15, 0.2) is 58.5 Å². The van der Waals surface area contributed by atoms with Crippen LogP contribution >= 0.6 is 0 Å². The van der Waals surface area contributed by atoms with Crippen LogP contribution in [0.4, 0.5) is 14.5 Å². The molecule has 34 heavy (non-hydrogen) atoms. The third-order valence-corrected chi connectivity index (χ3v) is 5.55. The SMILES string of the molecule is CCCOc1ccc(/C(O)=C2/C(=O)C(=O)N(c3ccc(F)cc3F)C2c2ccc(C)o2)cc1C. The number of hydrogen-bond acceptors (Lipinski definition) is 5. The van der Waals surface area contributed by atoms with Crippen molar-refractivity contribution < 1.29 is 32.6 Å². The first-order valence-corrected chi connectivity index (χ1v) is 10.8. The number of halogens is 2. The smallest absolute Gasteiger partial charge is 0.300 e. The molecule has 1 fully saturated rings. The number of aliphatic hydroxyl groups excluding tert-OH is 1. The number of furan rings is 1. The molecule has 6 nitrogen and oxygen atoms in total. The molecule has 4 rings (SSSR count). The molecule has 0 bridgehead atoms. The second-order valence-corrected chi connectivity index (χ2v) is 8.04. The van der Waals surface area contributed by atoms with E-state index in [4.69, 9.17) is 9.15 Å². The maximum Gasteiger partial charge on any atom is 0.300 e. The van der Waals surface area contributed by atoms with E-state index in [2.05, 4.69) is 0 Å². The van der Waals surface area contributed by atoms with Gasteiger partial charge in [-0.3, -0.25) is 14.5 Å². The molecule has 1 amide bonds. The van der Waals surface area contributed by atoms with Gasteiger partial charge in [0.05, 0.1) is 17.9 Å². The number of Topliss-reactive ketones (excluding diaryl/α,β-unsaturated/α-hetero) is 1. The molecule has 1 atom stereocenters. The number of ether oxygens (including phenoxy) is 1. The van der Waals surface area contributed by atoms with Crippen LogP contribution in [0.5, 0.6) is 5.75 Å². The van der Waals surface area contributed by atoms with E-state index in [0.29, 0.717) is 24.2 Å². The van der Waals surface area contributed by atoms with Crippen molar-refractivity contribution in [2.45, 2.75) is 33.2 Å². The molecule has 1 aliphatic heterocycles. The van der Waals surface area contributed by atoms with E-state index in [1.807, 2.05) is 6.92 Å². The van der Waals surface area contributed by atoms with Gasteiger partial charge in [-0.05, 0) is 68.3 Å². The Morgan fingerprint density at radius 1 is 1.09 bits per heavy atom. The number of aliphatic hydroxyl groups is 1. The van der Waals surface area contributed by atoms with Crippen LogP contribution in [0.3, 0.4) is 0 Å². The minimum Gasteiger partial charge on any atom is -0.507 e. The average Bonchev–Trinajstić information content (AvgIpc) is 3.33. The zero-order valence-electron chi connectivity index (χ0n) is 18.9. The Bertz CT molecular complexity index is 1310. The van der Waals surface area contributed by atoms with Crippen molar-refractivity contribution in [3.63, 3.8) is 0 Å². The maximum absolute atomic E-state index is 14.7. The van der Waals surface area contributed by atoms with Crippen LogP contribution in [-0.4, -0.2) is 23.4 Å². The standard InChI is InChI=1S/C26H23F2NO5/c1-4-11-33-20-10-6-16(12-14(20)2)24(30)22-23(21-9-5-15(3)34-21)29(26(32)25(22)31)19-8-7-17(27)13-18(19)28/h5-10,12-13,23,30H,4,11H2,1-3H3/b24-22-. The summed E-state index contributed by atoms with van der Waals surface area (Å²) in [6, 6.07) is 9.48. The van der Waals surface area contributed by atoms with Crippen molar-refractivity contribution in [3.8, 4) is 5.75 Å². The Kier molecular flexibility index (Phi) is 6.24. The van der Waals surface area contributed by atoms with Crippen molar-refractivity contribution in [3.05, 3.63) is 88.4 Å². The second kappa shape index (κ2) is 9.13. The molecule has 0 radical (unpaired) electrons. The van der Waals surface area contributed by atoms with Gasteiger partial charge in [0.15, 0.2) is 0 Å². The summed E-state index contributed by atoms with van der Waals surface area (Å²) in [4.78, 5) is 27.0. The Hall–Kier alpha value is -3.94. The summed E-state index contributed by atoms with van der Waals surface area (Å²) < 4.78 is 39.5. The molecule has 3 aromatic rings. The van der Waals surface area contributed by atoms with Gasteiger partial charge in [-0.15, -0.1) is 0 Å². The zero-order chi connectivity index (χ0) is 24.6. The van der Waals surface area contributed by atoms with Gasteiger partial charge >= 0.3 is 0 Å². The molecule has 1 saturated heterocycles. The van der Waals surface area contributed by atoms with Gasteiger partial charge in [-0.25, -0.2) is 8.78 Å². The number of aryl methyl sites for hydroxylation is 2. The summed E-state index contributed by atoms with van der Waals surface area (Å²) in [7, 11) is 0. The lowest BCUT2D eigenvalue weighted by Crippen LogP contribution is -2.30. The van der Waals surface area contributed by atoms with E-state index in [9.17, 15) is 23.5 Å². The summed E-state index contributed by atoms with van der Waals surface area (Å²) in [5, 5.41) is 11.2. The third-order valence-electron chi connectivity index (χ3n) is 5.55. The molecule has 1 unspecified atom stereocenters. The molecule has 0 aliphatic carbocycles. The van der Waals surface area contributed by atoms with Crippen LogP contribution in [0.2, 0.25) is 0 Å². The van der Waals surface area contributed by atoms with Gasteiger partial charge in [0.25, 0.3) is 11.7 Å². The topological polar surface area (TPSA) is 80.0 Å². The Labute approximate surface area is 195 Å². The van der Waals surface area contributed by atoms with Gasteiger partial charge in [0.1, 0.15) is 40.7 Å². The largest absolute Gasteiger partial charge is 0.507 e. The molecule has 2 aromatic carbocycles. The number of anilines is 1. The number of carbonyl (C=O) groups excluding carboxylic acids is 2. The summed E-state index contributed by atoms with van der Waals surface area (Å²) in [6.45, 7) is 5.97. The van der Waals surface area contributed by atoms with Crippen molar-refractivity contribution in [1.82, 2.24) is 0 Å². The summed E-state index contributed by atoms with van der Waals surface area (Å²) in [5.74, 6) is -3.09. The molecular weight excluding hydrogens is 444 g/mol. The lowest BCUT2D eigenvalue weighted by Gasteiger charge is -2.24. The van der Waals surface area contributed by atoms with Crippen LogP contribution < -0.4 is 9.64 Å². The number of benzene rings is 2. The summed E-state index contributed by atoms with van der Waals surface area (Å²) in [6.07, 6.45) is 0.827. The predicted octanol–water partition coefficient (Wildman–Crippen LogP) is 5.59. The van der Waals surface area contributed by atoms with Gasteiger partial charge in [-0.1, -0.05) is 6.92 Å². The van der Waals surface area contributed by atoms with E-state index in [1.165, 1.54) is 0 Å². The van der Waals surface area contributed by atoms with Gasteiger partial charge < -0.3 is 14.3 Å². The fourth-order valence-corrected chi connectivity index (χ4v) is 3.95. The predicted molar refractivity (Wildman–Crippen MR) is 122 cm³/mol. The molecule has 1 aromatic heterocycles. The van der Waals surface area contributed by atoms with Crippen molar-refractivity contribution in [2.75, 3.05) is 11.5 Å². The Morgan fingerprint density at radius 2 is 1.85 bits per heavy atom. The van der Waals surface area contributed by atoms with Crippen LogP contribution in [0, 0.1) is 25.5 Å². The van der Waals surface area contributed by atoms with E-state index >= 15 is 0 Å². The van der Waals surface area contributed by atoms with E-state index < -0.39 is 35.1 Å². The third kappa shape index (κ3) is 4.07. The Morgan fingerprint density at radius 3 is 2.47 bits per heavy atom. The molecule has 8 heteroatoms. The van der Waals surface area contributed by atoms with Crippen molar-refractivity contribution >= 4 is 23.1 Å². The molecule has 176 valence electrons. The maximum atomic E-state index is 14.7. The van der Waals surface area contributed by atoms with E-state index in [-0.39, 0.29) is 22.6 Å². The second-order valence-electron chi connectivity index (χ2n) is 8.04.